The fourth-order valence-electron chi connectivity index (χ4n) is 17.1. The molecule has 4 aliphatic carbocycles. The molecular formula is C53H72N2O11. The second kappa shape index (κ2) is 16.5. The Morgan fingerprint density at radius 3 is 2.48 bits per heavy atom. The number of fused-ring (bicyclic) bond motifs is 2. The molecule has 2 aromatic rings. The average Bonchev–Trinajstić information content (AvgIpc) is 3.78. The van der Waals surface area contributed by atoms with Crippen molar-refractivity contribution < 1.29 is 53.1 Å². The summed E-state index contributed by atoms with van der Waals surface area (Å²) >= 11 is 0. The lowest BCUT2D eigenvalue weighted by Crippen LogP contribution is -2.80. The smallest absolute Gasteiger partial charge is 0.339 e. The maximum Gasteiger partial charge on any atom is 0.339 e. The monoisotopic (exact) mass is 913 g/mol. The number of carbonyl (C=O) groups excluding carboxylic acids is 3. The van der Waals surface area contributed by atoms with Crippen LogP contribution in [0.2, 0.25) is 0 Å². The number of ether oxygens (including phenoxy) is 4. The van der Waals surface area contributed by atoms with Crippen molar-refractivity contribution >= 4 is 17.7 Å². The number of ketones is 1. The molecule has 9 fully saturated rings. The molecule has 6 heterocycles. The number of aliphatic hydroxyl groups excluding tert-OH is 3. The van der Waals surface area contributed by atoms with Crippen LogP contribution in [0.1, 0.15) is 134 Å². The van der Waals surface area contributed by atoms with Gasteiger partial charge in [0.1, 0.15) is 30.2 Å². The quantitative estimate of drug-likeness (QED) is 0.0909. The highest BCUT2D eigenvalue weighted by Crippen LogP contribution is 2.83. The van der Waals surface area contributed by atoms with E-state index in [2.05, 4.69) is 41.8 Å². The summed E-state index contributed by atoms with van der Waals surface area (Å²) in [5, 5.41) is 41.9. The molecule has 5 N–H and O–H groups in total. The number of epoxide rings is 1. The summed E-state index contributed by atoms with van der Waals surface area (Å²) in [6, 6.07) is 12.8. The van der Waals surface area contributed by atoms with Crippen LogP contribution < -0.4 is 10.6 Å². The third kappa shape index (κ3) is 6.31. The van der Waals surface area contributed by atoms with Gasteiger partial charge < -0.3 is 49.3 Å². The second-order valence-corrected chi connectivity index (χ2v) is 23.1. The van der Waals surface area contributed by atoms with Crippen LogP contribution in [0, 0.1) is 51.2 Å². The molecule has 1 aromatic carbocycles. The highest BCUT2D eigenvalue weighted by Gasteiger charge is 2.93. The molecule has 13 nitrogen and oxygen atoms in total. The zero-order valence-corrected chi connectivity index (χ0v) is 39.1. The summed E-state index contributed by atoms with van der Waals surface area (Å²) in [6.07, 6.45) is 9.00. The zero-order chi connectivity index (χ0) is 45.9. The molecule has 0 unspecified atom stereocenters. The van der Waals surface area contributed by atoms with Gasteiger partial charge >= 0.3 is 11.9 Å². The van der Waals surface area contributed by atoms with Gasteiger partial charge in [-0.05, 0) is 107 Å². The number of nitrogens with one attached hydrogen (secondary N) is 2. The fourth-order valence-corrected chi connectivity index (χ4v) is 17.1. The number of rotatable bonds is 13. The van der Waals surface area contributed by atoms with Crippen molar-refractivity contribution in [1.82, 2.24) is 10.6 Å². The van der Waals surface area contributed by atoms with Crippen LogP contribution in [0.4, 0.5) is 0 Å². The van der Waals surface area contributed by atoms with Gasteiger partial charge in [0.05, 0.1) is 42.0 Å². The largest absolute Gasteiger partial charge is 0.469 e. The lowest BCUT2D eigenvalue weighted by atomic mass is 9.32. The van der Waals surface area contributed by atoms with E-state index < -0.39 is 75.3 Å². The van der Waals surface area contributed by atoms with Crippen LogP contribution in [0.15, 0.2) is 47.1 Å². The van der Waals surface area contributed by atoms with E-state index in [1.807, 2.05) is 26.0 Å². The minimum atomic E-state index is -1.48. The number of hydrogen-bond donors (Lipinski definition) is 5. The van der Waals surface area contributed by atoms with Crippen molar-refractivity contribution in [2.45, 2.75) is 171 Å². The van der Waals surface area contributed by atoms with Crippen LogP contribution in [0.3, 0.4) is 0 Å². The van der Waals surface area contributed by atoms with Crippen LogP contribution in [-0.2, 0) is 46.2 Å². The molecule has 4 saturated carbocycles. The number of aliphatic hydroxyl groups is 3. The van der Waals surface area contributed by atoms with Crippen molar-refractivity contribution in [3.63, 3.8) is 0 Å². The number of esters is 2. The molecule has 3 spiro atoms. The van der Waals surface area contributed by atoms with Gasteiger partial charge in [-0.1, -0.05) is 75.8 Å². The first-order chi connectivity index (χ1) is 31.8. The molecule has 15 atom stereocenters. The number of unbranched alkanes of at least 4 members (excludes halogenated alkanes) is 1. The van der Waals surface area contributed by atoms with Crippen molar-refractivity contribution in [2.75, 3.05) is 26.4 Å². The van der Waals surface area contributed by atoms with Gasteiger partial charge in [-0.25, -0.2) is 4.79 Å². The number of furan rings is 1. The molecule has 5 aliphatic heterocycles. The molecule has 0 amide bonds. The first-order valence-corrected chi connectivity index (χ1v) is 25.6. The van der Waals surface area contributed by atoms with E-state index in [9.17, 15) is 24.9 Å². The van der Waals surface area contributed by atoms with Gasteiger partial charge in [0.2, 0.25) is 0 Å². The second-order valence-electron chi connectivity index (χ2n) is 23.1. The Morgan fingerprint density at radius 1 is 0.924 bits per heavy atom. The third-order valence-corrected chi connectivity index (χ3v) is 19.7. The van der Waals surface area contributed by atoms with E-state index in [-0.39, 0.29) is 48.6 Å². The number of cyclic esters (lactones) is 2. The third-order valence-electron chi connectivity index (χ3n) is 19.7. The van der Waals surface area contributed by atoms with E-state index in [1.54, 1.807) is 6.26 Å². The maximum atomic E-state index is 15.9. The SMILES string of the molecule is CC1(C)O[C@H]2C3(CCCC3)C(=O)OC[C@@]23[C@@H]1C(=O)[C@@H](O)[C@]1([C@H]2CCC[C@@H](Cc4ccccc4)C2)[C@@H]3CC[C@@]2(C)[C@H](c3ccoc3C[C@H](CCCC[C@@H]3CNCN3)[C@H](O)CO)OC(=O)[C@H]3O[C@@]312. The molecule has 360 valence electrons. The Labute approximate surface area is 388 Å². The Balaban J connectivity index is 1.02. The van der Waals surface area contributed by atoms with Crippen molar-refractivity contribution in [2.24, 2.45) is 51.2 Å². The molecule has 1 aromatic heterocycles. The van der Waals surface area contributed by atoms with Gasteiger partial charge in [0.15, 0.2) is 11.9 Å². The van der Waals surface area contributed by atoms with Crippen molar-refractivity contribution in [3.05, 3.63) is 59.5 Å². The van der Waals surface area contributed by atoms with Crippen LogP contribution in [-0.4, -0.2) is 101 Å². The highest BCUT2D eigenvalue weighted by atomic mass is 16.7. The van der Waals surface area contributed by atoms with E-state index >= 15 is 4.79 Å². The lowest BCUT2D eigenvalue weighted by Gasteiger charge is -2.70. The van der Waals surface area contributed by atoms with E-state index in [0.717, 1.165) is 77.4 Å². The molecule has 0 bridgehead atoms. The number of Topliss-reactive ketones (excluding diaryl/α,β-unsaturated/α-hetero) is 1. The number of hydrogen-bond acceptors (Lipinski definition) is 13. The topological polar surface area (TPSA) is 189 Å². The van der Waals surface area contributed by atoms with E-state index in [1.165, 1.54) is 5.56 Å². The summed E-state index contributed by atoms with van der Waals surface area (Å²) < 4.78 is 33.7. The molecule has 13 heteroatoms. The lowest BCUT2D eigenvalue weighted by molar-refractivity contribution is -0.285. The molecule has 66 heavy (non-hydrogen) atoms. The van der Waals surface area contributed by atoms with E-state index in [0.29, 0.717) is 55.9 Å². The normalized spacial score (nSPS) is 42.6. The van der Waals surface area contributed by atoms with Crippen LogP contribution in [0.5, 0.6) is 0 Å². The van der Waals surface area contributed by atoms with Gasteiger partial charge in [-0.2, -0.15) is 0 Å². The zero-order valence-electron chi connectivity index (χ0n) is 39.1. The molecule has 5 saturated heterocycles. The molecule has 9 aliphatic rings. The molecule has 11 rings (SSSR count). The van der Waals surface area contributed by atoms with Crippen LogP contribution in [0.25, 0.3) is 0 Å². The minimum absolute atomic E-state index is 0.0250. The highest BCUT2D eigenvalue weighted by molar-refractivity contribution is 5.93. The summed E-state index contributed by atoms with van der Waals surface area (Å²) in [5.74, 6) is -1.81. The number of benzene rings is 1. The Morgan fingerprint density at radius 2 is 1.73 bits per heavy atom. The van der Waals surface area contributed by atoms with E-state index in [4.69, 9.17) is 23.4 Å². The molecule has 0 radical (unpaired) electrons. The standard InChI is InChI=1S/C53H72N2O11/c1-48(2)41-40(58)42(59)52(34-16-11-14-32(25-34)24-31-12-5-4-6-13-31)39(51(41)29-63-47(61)50(46(51)66-48)20-9-10-21-50)18-22-49(3)43(64-45(60)44-53(49,52)65-44)36-19-23-62-38(36)26-33(37(57)28-56)15-7-8-17-35-27-54-30-55-35/h4-6,12-13,19,23,32-35,37,39,41-44,46,54-57,59H,7-11,14-18,20-22,24-30H2,1-3H3/t32-,33-,34-,35+,37+,39+,41+,42+,43-,44+,46-,49-,51+,52-,53+/m0/s1. The fraction of sp³-hybridized carbons (Fsp3) is 0.755. The van der Waals surface area contributed by atoms with Gasteiger partial charge in [0.25, 0.3) is 0 Å². The summed E-state index contributed by atoms with van der Waals surface area (Å²) in [7, 11) is 0. The average molecular weight is 913 g/mol. The summed E-state index contributed by atoms with van der Waals surface area (Å²) in [5.41, 5.74) is -4.37. The number of carbonyl (C=O) groups is 3. The minimum Gasteiger partial charge on any atom is -0.469 e. The Bertz CT molecular complexity index is 2170. The summed E-state index contributed by atoms with van der Waals surface area (Å²) in [4.78, 5) is 45.0. The Kier molecular flexibility index (Phi) is 11.3. The van der Waals surface area contributed by atoms with Gasteiger partial charge in [-0.3, -0.25) is 9.59 Å². The first-order valence-electron chi connectivity index (χ1n) is 25.6. The van der Waals surface area contributed by atoms with Crippen LogP contribution >= 0.6 is 0 Å². The Hall–Kier alpha value is -3.17. The molecular weight excluding hydrogens is 841 g/mol. The predicted octanol–water partition coefficient (Wildman–Crippen LogP) is 5.90. The predicted molar refractivity (Wildman–Crippen MR) is 240 cm³/mol. The summed E-state index contributed by atoms with van der Waals surface area (Å²) in [6.45, 7) is 7.45. The first kappa shape index (κ1) is 45.3. The maximum absolute atomic E-state index is 15.9. The van der Waals surface area contributed by atoms with Gasteiger partial charge in [-0.15, -0.1) is 0 Å². The van der Waals surface area contributed by atoms with Crippen molar-refractivity contribution in [3.8, 4) is 0 Å². The van der Waals surface area contributed by atoms with Crippen molar-refractivity contribution in [1.29, 1.82) is 0 Å². The van der Waals surface area contributed by atoms with Gasteiger partial charge in [0, 0.05) is 47.5 Å².